The lowest BCUT2D eigenvalue weighted by Gasteiger charge is -2.04. The summed E-state index contributed by atoms with van der Waals surface area (Å²) in [6.45, 7) is 0. The molecule has 2 rings (SSSR count). The van der Waals surface area contributed by atoms with Gasteiger partial charge in [-0.15, -0.1) is 10.2 Å². The van der Waals surface area contributed by atoms with E-state index in [0.29, 0.717) is 23.4 Å². The number of nitriles is 1. The van der Waals surface area contributed by atoms with Gasteiger partial charge in [-0.1, -0.05) is 11.8 Å². The highest BCUT2D eigenvalue weighted by molar-refractivity contribution is 7.99. The molecule has 0 bridgehead atoms. The third kappa shape index (κ3) is 3.83. The lowest BCUT2D eigenvalue weighted by molar-refractivity contribution is -0.115. The topological polar surface area (TPSA) is 83.6 Å². The molecule has 0 aliphatic carbocycles. The average Bonchev–Trinajstić information content (AvgIpc) is 2.85. The molecule has 0 radical (unpaired) electrons. The molecule has 0 saturated heterocycles. The van der Waals surface area contributed by atoms with Gasteiger partial charge in [0, 0.05) is 24.9 Å². The van der Waals surface area contributed by atoms with Crippen LogP contribution in [0.15, 0.2) is 35.7 Å². The molecule has 20 heavy (non-hydrogen) atoms. The Bertz CT molecular complexity index is 629. The molecule has 6 nitrogen and oxygen atoms in total. The molecule has 0 aliphatic rings. The standard InChI is InChI=1S/C13H13N5OS/c1-18-9-15-17-13(18)20-7-6-12(19)16-11-4-2-10(8-14)3-5-11/h2-5,9H,6-7H2,1H3,(H,16,19). The minimum Gasteiger partial charge on any atom is -0.326 e. The van der Waals surface area contributed by atoms with Crippen LogP contribution in [0.4, 0.5) is 5.69 Å². The first kappa shape index (κ1) is 14.1. The van der Waals surface area contributed by atoms with Crippen LogP contribution in [0, 0.1) is 11.3 Å². The molecule has 2 aromatic rings. The number of carbonyl (C=O) groups is 1. The first-order valence-electron chi connectivity index (χ1n) is 5.96. The smallest absolute Gasteiger partial charge is 0.225 e. The first-order valence-corrected chi connectivity index (χ1v) is 6.94. The summed E-state index contributed by atoms with van der Waals surface area (Å²) >= 11 is 1.48. The van der Waals surface area contributed by atoms with Gasteiger partial charge in [0.1, 0.15) is 6.33 Å². The van der Waals surface area contributed by atoms with Crippen molar-refractivity contribution in [3.05, 3.63) is 36.2 Å². The van der Waals surface area contributed by atoms with Crippen molar-refractivity contribution in [2.75, 3.05) is 11.1 Å². The van der Waals surface area contributed by atoms with Crippen LogP contribution < -0.4 is 5.32 Å². The number of aryl methyl sites for hydroxylation is 1. The van der Waals surface area contributed by atoms with Crippen molar-refractivity contribution in [1.82, 2.24) is 14.8 Å². The number of nitrogens with one attached hydrogen (secondary N) is 1. The molecule has 0 aliphatic heterocycles. The van der Waals surface area contributed by atoms with Gasteiger partial charge in [-0.25, -0.2) is 0 Å². The van der Waals surface area contributed by atoms with Crippen LogP contribution in [-0.4, -0.2) is 26.4 Å². The van der Waals surface area contributed by atoms with Crippen LogP contribution in [0.3, 0.4) is 0 Å². The summed E-state index contributed by atoms with van der Waals surface area (Å²) in [5, 5.41) is 20.0. The van der Waals surface area contributed by atoms with Gasteiger partial charge in [-0.3, -0.25) is 4.79 Å². The van der Waals surface area contributed by atoms with E-state index in [1.54, 1.807) is 30.6 Å². The van der Waals surface area contributed by atoms with E-state index in [2.05, 4.69) is 15.5 Å². The normalized spacial score (nSPS) is 10.0. The zero-order valence-electron chi connectivity index (χ0n) is 10.9. The zero-order valence-corrected chi connectivity index (χ0v) is 11.7. The minimum absolute atomic E-state index is 0.0654. The predicted octanol–water partition coefficient (Wildman–Crippen LogP) is 1.81. The van der Waals surface area contributed by atoms with Gasteiger partial charge < -0.3 is 9.88 Å². The average molecular weight is 287 g/mol. The molecule has 0 unspecified atom stereocenters. The molecule has 102 valence electrons. The Morgan fingerprint density at radius 2 is 2.20 bits per heavy atom. The third-order valence-corrected chi connectivity index (χ3v) is 3.56. The Kier molecular flexibility index (Phi) is 4.74. The molecule has 0 fully saturated rings. The maximum Gasteiger partial charge on any atom is 0.225 e. The number of aromatic nitrogens is 3. The second-order valence-electron chi connectivity index (χ2n) is 4.06. The van der Waals surface area contributed by atoms with E-state index >= 15 is 0 Å². The van der Waals surface area contributed by atoms with Gasteiger partial charge in [0.15, 0.2) is 5.16 Å². The Morgan fingerprint density at radius 1 is 1.45 bits per heavy atom. The maximum atomic E-state index is 11.7. The quantitative estimate of drug-likeness (QED) is 0.848. The van der Waals surface area contributed by atoms with Crippen LogP contribution in [0.1, 0.15) is 12.0 Å². The lowest BCUT2D eigenvalue weighted by Crippen LogP contribution is -2.12. The highest BCUT2D eigenvalue weighted by Crippen LogP contribution is 2.15. The van der Waals surface area contributed by atoms with Crippen LogP contribution >= 0.6 is 11.8 Å². The fraction of sp³-hybridized carbons (Fsp3) is 0.231. The number of hydrogen-bond acceptors (Lipinski definition) is 5. The molecule has 0 spiro atoms. The molecule has 7 heteroatoms. The van der Waals surface area contributed by atoms with Crippen molar-refractivity contribution < 1.29 is 4.79 Å². The van der Waals surface area contributed by atoms with E-state index in [1.165, 1.54) is 11.8 Å². The molecular formula is C13H13N5OS. The Morgan fingerprint density at radius 3 is 2.80 bits per heavy atom. The summed E-state index contributed by atoms with van der Waals surface area (Å²) < 4.78 is 1.81. The van der Waals surface area contributed by atoms with Crippen molar-refractivity contribution in [2.24, 2.45) is 7.05 Å². The first-order chi connectivity index (χ1) is 9.69. The van der Waals surface area contributed by atoms with Gasteiger partial charge in [0.2, 0.25) is 5.91 Å². The van der Waals surface area contributed by atoms with Gasteiger partial charge in [0.25, 0.3) is 0 Å². The number of thioether (sulfide) groups is 1. The second kappa shape index (κ2) is 6.73. The second-order valence-corrected chi connectivity index (χ2v) is 5.12. The number of amides is 1. The highest BCUT2D eigenvalue weighted by atomic mass is 32.2. The minimum atomic E-state index is -0.0654. The highest BCUT2D eigenvalue weighted by Gasteiger charge is 2.05. The molecule has 0 atom stereocenters. The fourth-order valence-electron chi connectivity index (χ4n) is 1.49. The van der Waals surface area contributed by atoms with Gasteiger partial charge >= 0.3 is 0 Å². The molecule has 1 N–H and O–H groups in total. The monoisotopic (exact) mass is 287 g/mol. The molecule has 0 saturated carbocycles. The molecule has 1 amide bonds. The predicted molar refractivity (Wildman–Crippen MR) is 76.1 cm³/mol. The van der Waals surface area contributed by atoms with Gasteiger partial charge in [-0.2, -0.15) is 5.26 Å². The van der Waals surface area contributed by atoms with Crippen LogP contribution in [-0.2, 0) is 11.8 Å². The Balaban J connectivity index is 1.78. The number of nitrogens with zero attached hydrogens (tertiary/aromatic N) is 4. The summed E-state index contributed by atoms with van der Waals surface area (Å²) in [4.78, 5) is 11.7. The number of anilines is 1. The third-order valence-electron chi connectivity index (χ3n) is 2.53. The van der Waals surface area contributed by atoms with E-state index in [4.69, 9.17) is 5.26 Å². The Labute approximate surface area is 120 Å². The van der Waals surface area contributed by atoms with E-state index in [1.807, 2.05) is 17.7 Å². The van der Waals surface area contributed by atoms with Gasteiger partial charge in [0.05, 0.1) is 11.6 Å². The van der Waals surface area contributed by atoms with E-state index in [-0.39, 0.29) is 5.91 Å². The van der Waals surface area contributed by atoms with Gasteiger partial charge in [-0.05, 0) is 24.3 Å². The maximum absolute atomic E-state index is 11.7. The van der Waals surface area contributed by atoms with Crippen LogP contribution in [0.5, 0.6) is 0 Å². The van der Waals surface area contributed by atoms with Crippen molar-refractivity contribution in [2.45, 2.75) is 11.6 Å². The van der Waals surface area contributed by atoms with Crippen molar-refractivity contribution in [3.8, 4) is 6.07 Å². The Hall–Kier alpha value is -2.33. The zero-order chi connectivity index (χ0) is 14.4. The summed E-state index contributed by atoms with van der Waals surface area (Å²) in [6, 6.07) is 8.80. The summed E-state index contributed by atoms with van der Waals surface area (Å²) in [7, 11) is 1.86. The molecule has 1 aromatic heterocycles. The van der Waals surface area contributed by atoms with Crippen molar-refractivity contribution in [1.29, 1.82) is 5.26 Å². The van der Waals surface area contributed by atoms with E-state index in [0.717, 1.165) is 5.16 Å². The van der Waals surface area contributed by atoms with Crippen molar-refractivity contribution in [3.63, 3.8) is 0 Å². The van der Waals surface area contributed by atoms with Crippen LogP contribution in [0.2, 0.25) is 0 Å². The fourth-order valence-corrected chi connectivity index (χ4v) is 2.32. The van der Waals surface area contributed by atoms with E-state index in [9.17, 15) is 4.79 Å². The lowest BCUT2D eigenvalue weighted by atomic mass is 10.2. The van der Waals surface area contributed by atoms with Crippen LogP contribution in [0.25, 0.3) is 0 Å². The molecule has 1 heterocycles. The summed E-state index contributed by atoms with van der Waals surface area (Å²) in [5.74, 6) is 0.568. The van der Waals surface area contributed by atoms with E-state index < -0.39 is 0 Å². The number of carbonyl (C=O) groups excluding carboxylic acids is 1. The number of rotatable bonds is 5. The number of benzene rings is 1. The molecular weight excluding hydrogens is 274 g/mol. The summed E-state index contributed by atoms with van der Waals surface area (Å²) in [5.41, 5.74) is 1.26. The largest absolute Gasteiger partial charge is 0.326 e. The SMILES string of the molecule is Cn1cnnc1SCCC(=O)Nc1ccc(C#N)cc1. The van der Waals surface area contributed by atoms with Crippen molar-refractivity contribution >= 4 is 23.4 Å². The summed E-state index contributed by atoms with van der Waals surface area (Å²) in [6.07, 6.45) is 2.01. The molecule has 1 aromatic carbocycles. The number of hydrogen-bond donors (Lipinski definition) is 1.